The lowest BCUT2D eigenvalue weighted by atomic mass is 9.94. The Bertz CT molecular complexity index is 606. The topological polar surface area (TPSA) is 37.4 Å². The molecular weight excluding hydrogens is 317 g/mol. The highest BCUT2D eigenvalue weighted by Crippen LogP contribution is 2.33. The highest BCUT2D eigenvalue weighted by Gasteiger charge is 2.33. The minimum Gasteiger partial charge on any atom is -0.207 e. The van der Waals surface area contributed by atoms with E-state index in [-0.39, 0.29) is 9.92 Å². The molecule has 0 unspecified atom stereocenters. The maximum absolute atomic E-state index is 12.8. The maximum Gasteiger partial charge on any atom is 0.244 e. The van der Waals surface area contributed by atoms with Gasteiger partial charge in [-0.1, -0.05) is 37.0 Å². The second-order valence-electron chi connectivity index (χ2n) is 5.80. The van der Waals surface area contributed by atoms with Crippen LogP contribution in [0.2, 0.25) is 10.0 Å². The van der Waals surface area contributed by atoms with Gasteiger partial charge in [0.25, 0.3) is 0 Å². The first kappa shape index (κ1) is 16.1. The van der Waals surface area contributed by atoms with Gasteiger partial charge >= 0.3 is 0 Å². The molecule has 1 aliphatic rings. The van der Waals surface area contributed by atoms with Crippen LogP contribution in [-0.4, -0.2) is 25.8 Å². The van der Waals surface area contributed by atoms with Crippen molar-refractivity contribution in [2.24, 2.45) is 11.8 Å². The van der Waals surface area contributed by atoms with Crippen LogP contribution in [0.4, 0.5) is 0 Å². The molecule has 0 N–H and O–H groups in total. The number of benzene rings is 1. The lowest BCUT2D eigenvalue weighted by Gasteiger charge is -2.34. The van der Waals surface area contributed by atoms with Crippen molar-refractivity contribution in [1.29, 1.82) is 0 Å². The van der Waals surface area contributed by atoms with Gasteiger partial charge in [-0.2, -0.15) is 4.31 Å². The van der Waals surface area contributed by atoms with Crippen LogP contribution >= 0.6 is 23.2 Å². The van der Waals surface area contributed by atoms with Crippen LogP contribution in [-0.2, 0) is 10.0 Å². The molecule has 0 amide bonds. The van der Waals surface area contributed by atoms with Gasteiger partial charge in [-0.05, 0) is 42.9 Å². The van der Waals surface area contributed by atoms with Crippen LogP contribution in [0.25, 0.3) is 0 Å². The van der Waals surface area contributed by atoms with Crippen LogP contribution in [0.15, 0.2) is 17.0 Å². The first-order chi connectivity index (χ1) is 9.21. The summed E-state index contributed by atoms with van der Waals surface area (Å²) in [5, 5.41) is 0.667. The van der Waals surface area contributed by atoms with E-state index < -0.39 is 10.0 Å². The number of nitrogens with zero attached hydrogens (tertiary/aromatic N) is 1. The van der Waals surface area contributed by atoms with Crippen LogP contribution in [0, 0.1) is 18.8 Å². The average Bonchev–Trinajstić information content (AvgIpc) is 2.32. The van der Waals surface area contributed by atoms with Gasteiger partial charge in [0.05, 0.1) is 5.02 Å². The Hall–Kier alpha value is -0.290. The van der Waals surface area contributed by atoms with Gasteiger partial charge in [-0.25, -0.2) is 8.42 Å². The van der Waals surface area contributed by atoms with Gasteiger partial charge in [0.15, 0.2) is 0 Å². The number of piperidine rings is 1. The Morgan fingerprint density at radius 2 is 1.65 bits per heavy atom. The minimum atomic E-state index is -3.56. The highest BCUT2D eigenvalue weighted by molar-refractivity contribution is 7.89. The largest absolute Gasteiger partial charge is 0.244 e. The summed E-state index contributed by atoms with van der Waals surface area (Å²) in [6, 6.07) is 3.06. The van der Waals surface area contributed by atoms with Crippen molar-refractivity contribution in [2.75, 3.05) is 13.1 Å². The lowest BCUT2D eigenvalue weighted by Crippen LogP contribution is -2.42. The Morgan fingerprint density at radius 3 is 2.20 bits per heavy atom. The van der Waals surface area contributed by atoms with Crippen molar-refractivity contribution in [2.45, 2.75) is 32.1 Å². The summed E-state index contributed by atoms with van der Waals surface area (Å²) in [5.41, 5.74) is 0.716. The molecule has 1 aromatic rings. The Labute approximate surface area is 130 Å². The van der Waals surface area contributed by atoms with Gasteiger partial charge in [0.1, 0.15) is 4.90 Å². The van der Waals surface area contributed by atoms with E-state index in [1.54, 1.807) is 17.3 Å². The predicted molar refractivity (Wildman–Crippen MR) is 82.9 cm³/mol. The SMILES string of the molecule is Cc1cc(S(=O)(=O)N2C[C@H](C)C[C@H](C)C2)c(Cl)cc1Cl. The van der Waals surface area contributed by atoms with Crippen LogP contribution < -0.4 is 0 Å². The second-order valence-corrected chi connectivity index (χ2v) is 8.52. The monoisotopic (exact) mass is 335 g/mol. The Kier molecular flexibility index (Phi) is 4.69. The number of aryl methyl sites for hydroxylation is 1. The molecule has 112 valence electrons. The number of hydrogen-bond acceptors (Lipinski definition) is 2. The third kappa shape index (κ3) is 3.14. The van der Waals surface area contributed by atoms with Crippen LogP contribution in [0.1, 0.15) is 25.8 Å². The van der Waals surface area contributed by atoms with Crippen LogP contribution in [0.5, 0.6) is 0 Å². The van der Waals surface area contributed by atoms with Crippen molar-refractivity contribution >= 4 is 33.2 Å². The molecule has 3 nitrogen and oxygen atoms in total. The summed E-state index contributed by atoms with van der Waals surface area (Å²) >= 11 is 12.1. The summed E-state index contributed by atoms with van der Waals surface area (Å²) < 4.78 is 27.1. The van der Waals surface area contributed by atoms with Gasteiger partial charge in [0.2, 0.25) is 10.0 Å². The maximum atomic E-state index is 12.8. The Morgan fingerprint density at radius 1 is 1.10 bits per heavy atom. The Balaban J connectivity index is 2.42. The molecule has 2 rings (SSSR count). The summed E-state index contributed by atoms with van der Waals surface area (Å²) in [7, 11) is -3.56. The molecule has 1 aromatic carbocycles. The van der Waals surface area contributed by atoms with Crippen LogP contribution in [0.3, 0.4) is 0 Å². The molecule has 1 aliphatic heterocycles. The number of rotatable bonds is 2. The van der Waals surface area contributed by atoms with Crippen molar-refractivity contribution < 1.29 is 8.42 Å². The van der Waals surface area contributed by atoms with Crippen molar-refractivity contribution in [3.63, 3.8) is 0 Å². The molecule has 0 aromatic heterocycles. The summed E-state index contributed by atoms with van der Waals surface area (Å²) in [6.45, 7) is 7.02. The molecule has 1 fully saturated rings. The van der Waals surface area contributed by atoms with Crippen molar-refractivity contribution in [3.8, 4) is 0 Å². The first-order valence-electron chi connectivity index (χ1n) is 6.67. The minimum absolute atomic E-state index is 0.155. The van der Waals surface area contributed by atoms with E-state index in [1.807, 2.05) is 0 Å². The molecule has 0 spiro atoms. The first-order valence-corrected chi connectivity index (χ1v) is 8.87. The van der Waals surface area contributed by atoms with E-state index in [0.717, 1.165) is 6.42 Å². The molecule has 0 aliphatic carbocycles. The second kappa shape index (κ2) is 5.84. The van der Waals surface area contributed by atoms with Gasteiger partial charge in [-0.3, -0.25) is 0 Å². The molecule has 20 heavy (non-hydrogen) atoms. The number of halogens is 2. The van der Waals surface area contributed by atoms with Gasteiger partial charge < -0.3 is 0 Å². The fraction of sp³-hybridized carbons (Fsp3) is 0.571. The predicted octanol–water partition coefficient (Wildman–Crippen LogP) is 3.97. The fourth-order valence-electron chi connectivity index (χ4n) is 2.77. The third-order valence-corrected chi connectivity index (χ3v) is 6.37. The zero-order chi connectivity index (χ0) is 15.1. The molecule has 6 heteroatoms. The quantitative estimate of drug-likeness (QED) is 0.819. The summed E-state index contributed by atoms with van der Waals surface area (Å²) in [6.07, 6.45) is 1.05. The molecule has 1 saturated heterocycles. The fourth-order valence-corrected chi connectivity index (χ4v) is 5.26. The summed E-state index contributed by atoms with van der Waals surface area (Å²) in [5.74, 6) is 0.724. The standard InChI is InChI=1S/C14H19Cl2NO2S/c1-9-4-10(2)8-17(7-9)20(18,19)14-5-11(3)12(15)6-13(14)16/h5-6,9-10H,4,7-8H2,1-3H3/t9-,10+. The molecule has 0 radical (unpaired) electrons. The van der Waals surface area contributed by atoms with Gasteiger partial charge in [-0.15, -0.1) is 0 Å². The normalized spacial score (nSPS) is 24.9. The van der Waals surface area contributed by atoms with Gasteiger partial charge in [0, 0.05) is 18.1 Å². The number of hydrogen-bond donors (Lipinski definition) is 0. The molecule has 2 atom stereocenters. The van der Waals surface area contributed by atoms with Crippen molar-refractivity contribution in [3.05, 3.63) is 27.7 Å². The molecule has 1 heterocycles. The van der Waals surface area contributed by atoms with E-state index in [2.05, 4.69) is 13.8 Å². The third-order valence-electron chi connectivity index (χ3n) is 3.67. The molecular formula is C14H19Cl2NO2S. The number of sulfonamides is 1. The smallest absolute Gasteiger partial charge is 0.207 e. The molecule has 0 saturated carbocycles. The van der Waals surface area contributed by atoms with E-state index in [1.165, 1.54) is 6.07 Å². The zero-order valence-corrected chi connectivity index (χ0v) is 14.2. The van der Waals surface area contributed by atoms with E-state index >= 15 is 0 Å². The molecule has 0 bridgehead atoms. The van der Waals surface area contributed by atoms with E-state index in [4.69, 9.17) is 23.2 Å². The van der Waals surface area contributed by atoms with E-state index in [9.17, 15) is 8.42 Å². The van der Waals surface area contributed by atoms with E-state index in [0.29, 0.717) is 35.5 Å². The zero-order valence-electron chi connectivity index (χ0n) is 11.9. The average molecular weight is 336 g/mol. The lowest BCUT2D eigenvalue weighted by molar-refractivity contribution is 0.222. The summed E-state index contributed by atoms with van der Waals surface area (Å²) in [4.78, 5) is 0.155. The highest BCUT2D eigenvalue weighted by atomic mass is 35.5. The van der Waals surface area contributed by atoms with Crippen molar-refractivity contribution in [1.82, 2.24) is 4.31 Å².